The molecule has 5 nitrogen and oxygen atoms in total. The van der Waals surface area contributed by atoms with Crippen LogP contribution in [0.5, 0.6) is 0 Å². The predicted molar refractivity (Wildman–Crippen MR) is 51.0 cm³/mol. The quantitative estimate of drug-likeness (QED) is 0.726. The minimum atomic E-state index is 0.619. The average molecular weight is 188 g/mol. The lowest BCUT2D eigenvalue weighted by atomic mass is 10.4. The summed E-state index contributed by atoms with van der Waals surface area (Å²) < 4.78 is 1.66. The van der Waals surface area contributed by atoms with Crippen LogP contribution in [0.4, 0.5) is 5.69 Å². The summed E-state index contributed by atoms with van der Waals surface area (Å²) in [4.78, 5) is 14.1. The van der Waals surface area contributed by atoms with Crippen molar-refractivity contribution in [2.24, 2.45) is 0 Å². The highest BCUT2D eigenvalue weighted by molar-refractivity contribution is 5.70. The van der Waals surface area contributed by atoms with E-state index in [4.69, 9.17) is 0 Å². The van der Waals surface area contributed by atoms with Gasteiger partial charge in [-0.2, -0.15) is 5.10 Å². The zero-order chi connectivity index (χ0) is 9.80. The van der Waals surface area contributed by atoms with Crippen LogP contribution in [0.1, 0.15) is 0 Å². The van der Waals surface area contributed by atoms with Crippen molar-refractivity contribution in [2.75, 3.05) is 5.32 Å². The van der Waals surface area contributed by atoms with Gasteiger partial charge in [-0.25, -0.2) is 4.68 Å². The highest BCUT2D eigenvalue weighted by atomic mass is 16.1. The Morgan fingerprint density at radius 2 is 2.14 bits per heavy atom. The van der Waals surface area contributed by atoms with Gasteiger partial charge in [0.2, 0.25) is 6.41 Å². The van der Waals surface area contributed by atoms with Gasteiger partial charge in [0.1, 0.15) is 0 Å². The Bertz CT molecular complexity index is 423. The molecule has 1 N–H and O–H groups in total. The molecule has 2 heterocycles. The molecular weight excluding hydrogens is 180 g/mol. The van der Waals surface area contributed by atoms with Gasteiger partial charge in [0, 0.05) is 12.4 Å². The number of nitrogens with zero attached hydrogens (tertiary/aromatic N) is 3. The monoisotopic (exact) mass is 188 g/mol. The van der Waals surface area contributed by atoms with Crippen molar-refractivity contribution in [3.05, 3.63) is 36.9 Å². The molecule has 0 saturated heterocycles. The van der Waals surface area contributed by atoms with Gasteiger partial charge in [-0.3, -0.25) is 9.78 Å². The zero-order valence-corrected chi connectivity index (χ0v) is 7.29. The maximum atomic E-state index is 10.2. The second kappa shape index (κ2) is 3.69. The maximum absolute atomic E-state index is 10.2. The lowest BCUT2D eigenvalue weighted by molar-refractivity contribution is -0.105. The van der Waals surface area contributed by atoms with Crippen LogP contribution in [0.2, 0.25) is 0 Å². The topological polar surface area (TPSA) is 59.8 Å². The number of carbonyl (C=O) groups excluding carboxylic acids is 1. The van der Waals surface area contributed by atoms with Gasteiger partial charge in [-0.05, 0) is 12.1 Å². The molecule has 5 heteroatoms. The third-order valence-corrected chi connectivity index (χ3v) is 1.74. The van der Waals surface area contributed by atoms with Gasteiger partial charge in [0.25, 0.3) is 0 Å². The third kappa shape index (κ3) is 1.61. The van der Waals surface area contributed by atoms with E-state index in [2.05, 4.69) is 15.4 Å². The lowest BCUT2D eigenvalue weighted by Crippen LogP contribution is -1.94. The zero-order valence-electron chi connectivity index (χ0n) is 7.29. The minimum absolute atomic E-state index is 0.619. The van der Waals surface area contributed by atoms with Gasteiger partial charge in [0.15, 0.2) is 0 Å². The summed E-state index contributed by atoms with van der Waals surface area (Å²) in [5, 5.41) is 6.59. The summed E-state index contributed by atoms with van der Waals surface area (Å²) in [6.45, 7) is 0. The lowest BCUT2D eigenvalue weighted by Gasteiger charge is -1.98. The van der Waals surface area contributed by atoms with Crippen molar-refractivity contribution in [3.63, 3.8) is 0 Å². The third-order valence-electron chi connectivity index (χ3n) is 1.74. The summed E-state index contributed by atoms with van der Waals surface area (Å²) in [7, 11) is 0. The molecular formula is C9H8N4O. The van der Waals surface area contributed by atoms with Crippen LogP contribution in [0.25, 0.3) is 5.69 Å². The molecule has 0 atom stereocenters. The van der Waals surface area contributed by atoms with Gasteiger partial charge in [0.05, 0.1) is 23.8 Å². The van der Waals surface area contributed by atoms with E-state index in [1.165, 1.54) is 0 Å². The Morgan fingerprint density at radius 1 is 1.36 bits per heavy atom. The second-order valence-electron chi connectivity index (χ2n) is 2.64. The molecule has 0 unspecified atom stereocenters. The first-order valence-corrected chi connectivity index (χ1v) is 4.05. The van der Waals surface area contributed by atoms with Crippen molar-refractivity contribution in [1.82, 2.24) is 14.8 Å². The predicted octanol–water partition coefficient (Wildman–Crippen LogP) is 0.836. The maximum Gasteiger partial charge on any atom is 0.211 e. The number of hydrogen-bond acceptors (Lipinski definition) is 3. The van der Waals surface area contributed by atoms with E-state index in [1.54, 1.807) is 29.5 Å². The van der Waals surface area contributed by atoms with E-state index in [0.29, 0.717) is 12.1 Å². The van der Waals surface area contributed by atoms with Crippen LogP contribution < -0.4 is 5.32 Å². The Kier molecular flexibility index (Phi) is 2.22. The summed E-state index contributed by atoms with van der Waals surface area (Å²) in [5.74, 6) is 0. The largest absolute Gasteiger partial charge is 0.326 e. The molecule has 0 radical (unpaired) electrons. The van der Waals surface area contributed by atoms with E-state index < -0.39 is 0 Å². The molecule has 1 amide bonds. The van der Waals surface area contributed by atoms with Gasteiger partial charge in [-0.15, -0.1) is 0 Å². The molecule has 2 aromatic rings. The van der Waals surface area contributed by atoms with Crippen LogP contribution in [0.3, 0.4) is 0 Å². The number of hydrogen-bond donors (Lipinski definition) is 1. The van der Waals surface area contributed by atoms with E-state index >= 15 is 0 Å². The molecule has 0 aromatic carbocycles. The van der Waals surface area contributed by atoms with Crippen LogP contribution in [0, 0.1) is 0 Å². The molecule has 0 spiro atoms. The molecule has 14 heavy (non-hydrogen) atoms. The van der Waals surface area contributed by atoms with Crippen molar-refractivity contribution in [3.8, 4) is 5.69 Å². The Hall–Kier alpha value is -2.17. The van der Waals surface area contributed by atoms with Crippen molar-refractivity contribution < 1.29 is 4.79 Å². The normalized spacial score (nSPS) is 9.71. The molecule has 0 fully saturated rings. The molecule has 70 valence electrons. The van der Waals surface area contributed by atoms with Gasteiger partial charge in [-0.1, -0.05) is 0 Å². The van der Waals surface area contributed by atoms with Gasteiger partial charge >= 0.3 is 0 Å². The average Bonchev–Trinajstić information content (AvgIpc) is 2.68. The molecule has 2 rings (SSSR count). The van der Waals surface area contributed by atoms with E-state index in [-0.39, 0.29) is 0 Å². The van der Waals surface area contributed by atoms with E-state index in [0.717, 1.165) is 5.69 Å². The number of rotatable bonds is 3. The smallest absolute Gasteiger partial charge is 0.211 e. The standard InChI is InChI=1S/C9H8N4O/c14-7-11-8-5-12-13(6-8)9-1-3-10-4-2-9/h1-7H,(H,11,14). The molecule has 0 aliphatic carbocycles. The van der Waals surface area contributed by atoms with Gasteiger partial charge < -0.3 is 5.32 Å². The van der Waals surface area contributed by atoms with E-state index in [1.807, 2.05) is 12.1 Å². The molecule has 0 aliphatic rings. The number of carbonyl (C=O) groups is 1. The fourth-order valence-corrected chi connectivity index (χ4v) is 1.10. The van der Waals surface area contributed by atoms with Crippen LogP contribution in [0.15, 0.2) is 36.9 Å². The Morgan fingerprint density at radius 3 is 2.86 bits per heavy atom. The number of amides is 1. The first kappa shape index (κ1) is 8.43. The molecule has 0 saturated carbocycles. The highest BCUT2D eigenvalue weighted by Crippen LogP contribution is 2.09. The Balaban J connectivity index is 2.29. The second-order valence-corrected chi connectivity index (χ2v) is 2.64. The Labute approximate surface area is 80.4 Å². The fraction of sp³-hybridized carbons (Fsp3) is 0. The highest BCUT2D eigenvalue weighted by Gasteiger charge is 1.98. The van der Waals surface area contributed by atoms with Crippen molar-refractivity contribution in [2.45, 2.75) is 0 Å². The van der Waals surface area contributed by atoms with Crippen molar-refractivity contribution >= 4 is 12.1 Å². The molecule has 2 aromatic heterocycles. The van der Waals surface area contributed by atoms with Crippen LogP contribution >= 0.6 is 0 Å². The summed E-state index contributed by atoms with van der Waals surface area (Å²) in [6.07, 6.45) is 7.29. The molecule has 0 bridgehead atoms. The van der Waals surface area contributed by atoms with Crippen LogP contribution in [-0.2, 0) is 4.79 Å². The summed E-state index contributed by atoms with van der Waals surface area (Å²) in [5.41, 5.74) is 1.57. The first-order valence-electron chi connectivity index (χ1n) is 4.05. The van der Waals surface area contributed by atoms with Crippen molar-refractivity contribution in [1.29, 1.82) is 0 Å². The molecule has 0 aliphatic heterocycles. The fourth-order valence-electron chi connectivity index (χ4n) is 1.10. The number of pyridine rings is 1. The van der Waals surface area contributed by atoms with E-state index in [9.17, 15) is 4.79 Å². The van der Waals surface area contributed by atoms with Crippen LogP contribution in [-0.4, -0.2) is 21.2 Å². The number of nitrogens with one attached hydrogen (secondary N) is 1. The summed E-state index contributed by atoms with van der Waals surface area (Å²) in [6, 6.07) is 3.66. The number of aromatic nitrogens is 3. The summed E-state index contributed by atoms with van der Waals surface area (Å²) >= 11 is 0. The number of anilines is 1. The first-order chi connectivity index (χ1) is 6.90. The SMILES string of the molecule is O=CNc1cnn(-c2ccncc2)c1. The minimum Gasteiger partial charge on any atom is -0.326 e.